The van der Waals surface area contributed by atoms with Crippen LogP contribution in [0, 0.1) is 0 Å². The molecule has 1 heterocycles. The molecule has 3 rings (SSSR count). The van der Waals surface area contributed by atoms with Crippen LogP contribution in [0.25, 0.3) is 0 Å². The lowest BCUT2D eigenvalue weighted by Crippen LogP contribution is -2.42. The van der Waals surface area contributed by atoms with Crippen LogP contribution in [0.3, 0.4) is 0 Å². The molecule has 2 N–H and O–H groups in total. The van der Waals surface area contributed by atoms with Crippen LogP contribution in [-0.2, 0) is 17.8 Å². The van der Waals surface area contributed by atoms with Crippen molar-refractivity contribution >= 4 is 24.3 Å². The van der Waals surface area contributed by atoms with Gasteiger partial charge in [-0.3, -0.25) is 4.79 Å². The molecule has 140 valence electrons. The normalized spacial score (nSPS) is 11.3. The highest BCUT2D eigenvalue weighted by Gasteiger charge is 2.21. The summed E-state index contributed by atoms with van der Waals surface area (Å²) in [5.41, 5.74) is 2.22. The van der Waals surface area contributed by atoms with Gasteiger partial charge in [0.25, 0.3) is 5.91 Å². The molecule has 2 aromatic carbocycles. The Morgan fingerprint density at radius 2 is 1.81 bits per heavy atom. The predicted octanol–water partition coefficient (Wildman–Crippen LogP) is 2.78. The van der Waals surface area contributed by atoms with Gasteiger partial charge in [-0.05, 0) is 23.3 Å². The first kappa shape index (κ1) is 20.2. The fraction of sp³-hybridized carbons (Fsp3) is 0.150. The van der Waals surface area contributed by atoms with Crippen molar-refractivity contribution in [2.75, 3.05) is 0 Å². The molecule has 0 fully saturated rings. The first-order valence-corrected chi connectivity index (χ1v) is 8.24. The zero-order chi connectivity index (χ0) is 18.4. The number of imidazole rings is 1. The van der Waals surface area contributed by atoms with Crippen molar-refractivity contribution in [1.29, 1.82) is 0 Å². The van der Waals surface area contributed by atoms with Gasteiger partial charge in [0, 0.05) is 30.9 Å². The summed E-state index contributed by atoms with van der Waals surface area (Å²) < 4.78 is 1.90. The average molecular weight is 386 g/mol. The molecule has 0 saturated carbocycles. The lowest BCUT2D eigenvalue weighted by Gasteiger charge is -2.15. The molecular weight excluding hydrogens is 366 g/mol. The number of aromatic nitrogens is 2. The second-order valence-electron chi connectivity index (χ2n) is 5.99. The molecule has 0 spiro atoms. The molecule has 6 nitrogen and oxygen atoms in total. The molecule has 1 atom stereocenters. The van der Waals surface area contributed by atoms with E-state index < -0.39 is 17.9 Å². The minimum atomic E-state index is -1.06. The lowest BCUT2D eigenvalue weighted by molar-refractivity contribution is -0.139. The Bertz CT molecular complexity index is 883. The Labute approximate surface area is 163 Å². The zero-order valence-electron chi connectivity index (χ0n) is 14.5. The fourth-order valence-corrected chi connectivity index (χ4v) is 2.69. The summed E-state index contributed by atoms with van der Waals surface area (Å²) in [5.74, 6) is -1.46. The van der Waals surface area contributed by atoms with E-state index in [4.69, 9.17) is 0 Å². The van der Waals surface area contributed by atoms with E-state index in [1.165, 1.54) is 0 Å². The van der Waals surface area contributed by atoms with E-state index in [-0.39, 0.29) is 18.8 Å². The van der Waals surface area contributed by atoms with Crippen molar-refractivity contribution in [1.82, 2.24) is 14.9 Å². The van der Waals surface area contributed by atoms with Crippen LogP contribution < -0.4 is 5.32 Å². The Morgan fingerprint density at radius 1 is 1.07 bits per heavy atom. The lowest BCUT2D eigenvalue weighted by atomic mass is 10.0. The molecule has 27 heavy (non-hydrogen) atoms. The number of carbonyl (C=O) groups excluding carboxylic acids is 1. The van der Waals surface area contributed by atoms with Gasteiger partial charge in [0.05, 0.1) is 6.33 Å². The molecule has 1 amide bonds. The van der Waals surface area contributed by atoms with Gasteiger partial charge in [-0.15, -0.1) is 12.4 Å². The van der Waals surface area contributed by atoms with Crippen molar-refractivity contribution in [3.8, 4) is 0 Å². The van der Waals surface area contributed by atoms with Crippen molar-refractivity contribution in [2.24, 2.45) is 0 Å². The maximum atomic E-state index is 12.5. The summed E-state index contributed by atoms with van der Waals surface area (Å²) in [6.07, 6.45) is 5.47. The Balaban J connectivity index is 0.00000261. The van der Waals surface area contributed by atoms with E-state index in [1.54, 1.807) is 30.7 Å². The number of hydrogen-bond donors (Lipinski definition) is 2. The van der Waals surface area contributed by atoms with Crippen LogP contribution >= 0.6 is 12.4 Å². The molecule has 0 aliphatic rings. The van der Waals surface area contributed by atoms with Gasteiger partial charge in [-0.25, -0.2) is 9.78 Å². The van der Waals surface area contributed by atoms with Gasteiger partial charge in [0.15, 0.2) is 0 Å². The zero-order valence-corrected chi connectivity index (χ0v) is 15.3. The van der Waals surface area contributed by atoms with Crippen LogP contribution in [0.1, 0.15) is 21.5 Å². The van der Waals surface area contributed by atoms with Crippen LogP contribution in [-0.4, -0.2) is 32.6 Å². The number of carboxylic acids is 1. The van der Waals surface area contributed by atoms with Gasteiger partial charge < -0.3 is 15.0 Å². The van der Waals surface area contributed by atoms with E-state index >= 15 is 0 Å². The first-order chi connectivity index (χ1) is 12.6. The van der Waals surface area contributed by atoms with Gasteiger partial charge in [-0.2, -0.15) is 0 Å². The minimum Gasteiger partial charge on any atom is -0.480 e. The summed E-state index contributed by atoms with van der Waals surface area (Å²) in [6.45, 7) is 0.591. The molecule has 0 unspecified atom stereocenters. The standard InChI is InChI=1S/C20H19N3O3.ClH/c24-19(22-18(20(25)26)12-15-5-2-1-3-6-15)17-8-4-7-16(11-17)13-23-10-9-21-14-23;/h1-11,14,18H,12-13H2,(H,22,24)(H,25,26);1H/t18-;/m0./s1. The number of amides is 1. The molecule has 0 radical (unpaired) electrons. The molecule has 0 aliphatic heterocycles. The summed E-state index contributed by atoms with van der Waals surface area (Å²) in [5, 5.41) is 12.0. The first-order valence-electron chi connectivity index (χ1n) is 8.24. The number of benzene rings is 2. The highest BCUT2D eigenvalue weighted by molar-refractivity contribution is 5.96. The van der Waals surface area contributed by atoms with Gasteiger partial charge in [0.2, 0.25) is 0 Å². The number of rotatable bonds is 7. The van der Waals surface area contributed by atoms with Crippen molar-refractivity contribution in [3.63, 3.8) is 0 Å². The summed E-state index contributed by atoms with van der Waals surface area (Å²) in [6, 6.07) is 15.4. The van der Waals surface area contributed by atoms with E-state index in [0.29, 0.717) is 12.1 Å². The number of carbonyl (C=O) groups is 2. The Hall–Kier alpha value is -3.12. The number of carboxylic acid groups (broad SMARTS) is 1. The maximum Gasteiger partial charge on any atom is 0.326 e. The third-order valence-corrected chi connectivity index (χ3v) is 4.00. The second-order valence-corrected chi connectivity index (χ2v) is 5.99. The number of hydrogen-bond acceptors (Lipinski definition) is 3. The van der Waals surface area contributed by atoms with E-state index in [9.17, 15) is 14.7 Å². The molecule has 0 saturated heterocycles. The van der Waals surface area contributed by atoms with Crippen LogP contribution in [0.4, 0.5) is 0 Å². The number of aliphatic carboxylic acids is 1. The topological polar surface area (TPSA) is 84.2 Å². The fourth-order valence-electron chi connectivity index (χ4n) is 2.69. The summed E-state index contributed by atoms with van der Waals surface area (Å²) in [7, 11) is 0. The van der Waals surface area contributed by atoms with Gasteiger partial charge >= 0.3 is 5.97 Å². The average Bonchev–Trinajstić information content (AvgIpc) is 3.15. The SMILES string of the molecule is Cl.O=C(N[C@@H](Cc1ccccc1)C(=O)O)c1cccc(Cn2ccnc2)c1. The monoisotopic (exact) mass is 385 g/mol. The maximum absolute atomic E-state index is 12.5. The number of nitrogens with one attached hydrogen (secondary N) is 1. The second kappa shape index (κ2) is 9.54. The predicted molar refractivity (Wildman–Crippen MR) is 104 cm³/mol. The Morgan fingerprint density at radius 3 is 2.48 bits per heavy atom. The van der Waals surface area contributed by atoms with Crippen LogP contribution in [0.5, 0.6) is 0 Å². The number of nitrogens with zero attached hydrogens (tertiary/aromatic N) is 2. The van der Waals surface area contributed by atoms with Crippen LogP contribution in [0.2, 0.25) is 0 Å². The van der Waals surface area contributed by atoms with Crippen molar-refractivity contribution < 1.29 is 14.7 Å². The molecule has 7 heteroatoms. The molecule has 0 bridgehead atoms. The van der Waals surface area contributed by atoms with Crippen molar-refractivity contribution in [3.05, 3.63) is 90.0 Å². The molecular formula is C20H20ClN3O3. The van der Waals surface area contributed by atoms with E-state index in [0.717, 1.165) is 11.1 Å². The van der Waals surface area contributed by atoms with Crippen molar-refractivity contribution in [2.45, 2.75) is 19.0 Å². The Kier molecular flexibility index (Phi) is 7.14. The molecule has 1 aromatic heterocycles. The smallest absolute Gasteiger partial charge is 0.326 e. The third kappa shape index (κ3) is 5.69. The number of halogens is 1. The highest BCUT2D eigenvalue weighted by atomic mass is 35.5. The van der Waals surface area contributed by atoms with Crippen LogP contribution in [0.15, 0.2) is 73.3 Å². The van der Waals surface area contributed by atoms with E-state index in [2.05, 4.69) is 10.3 Å². The molecule has 0 aliphatic carbocycles. The third-order valence-electron chi connectivity index (χ3n) is 4.00. The van der Waals surface area contributed by atoms with Gasteiger partial charge in [-0.1, -0.05) is 42.5 Å². The highest BCUT2D eigenvalue weighted by Crippen LogP contribution is 2.09. The van der Waals surface area contributed by atoms with Gasteiger partial charge in [0.1, 0.15) is 6.04 Å². The summed E-state index contributed by atoms with van der Waals surface area (Å²) in [4.78, 5) is 28.0. The quantitative estimate of drug-likeness (QED) is 0.655. The summed E-state index contributed by atoms with van der Waals surface area (Å²) >= 11 is 0. The largest absolute Gasteiger partial charge is 0.480 e. The molecule has 3 aromatic rings. The van der Waals surface area contributed by atoms with E-state index in [1.807, 2.05) is 47.2 Å². The minimum absolute atomic E-state index is 0.